The van der Waals surface area contributed by atoms with Crippen molar-refractivity contribution >= 4 is 35.0 Å². The molecule has 3 rings (SSSR count). The van der Waals surface area contributed by atoms with Crippen LogP contribution in [-0.4, -0.2) is 32.2 Å². The number of halogens is 2. The first-order valence-electron chi connectivity index (χ1n) is 9.95. The van der Waals surface area contributed by atoms with Gasteiger partial charge in [-0.05, 0) is 25.1 Å². The summed E-state index contributed by atoms with van der Waals surface area (Å²) in [5, 5.41) is 12.4. The average molecular weight is 474 g/mol. The molecule has 0 saturated carbocycles. The predicted molar refractivity (Wildman–Crippen MR) is 122 cm³/mol. The highest BCUT2D eigenvalue weighted by molar-refractivity contribution is 8.00. The second-order valence-electron chi connectivity index (χ2n) is 7.37. The van der Waals surface area contributed by atoms with Crippen molar-refractivity contribution in [3.63, 3.8) is 0 Å². The van der Waals surface area contributed by atoms with Gasteiger partial charge in [0.2, 0.25) is 11.8 Å². The predicted octanol–water partition coefficient (Wildman–Crippen LogP) is 3.82. The summed E-state index contributed by atoms with van der Waals surface area (Å²) in [5.74, 6) is -2.69. The van der Waals surface area contributed by atoms with Crippen LogP contribution in [0.2, 0.25) is 0 Å². The molecule has 0 fully saturated rings. The quantitative estimate of drug-likeness (QED) is 0.449. The van der Waals surface area contributed by atoms with Gasteiger partial charge in [-0.15, -0.1) is 10.2 Å². The van der Waals surface area contributed by atoms with Gasteiger partial charge in [0.15, 0.2) is 10.9 Å². The van der Waals surface area contributed by atoms with Crippen molar-refractivity contribution in [2.75, 3.05) is 10.6 Å². The zero-order chi connectivity index (χ0) is 24.1. The SMILES string of the molecule is CC(C)C(=O)Nc1ccccc1-c1nnc(S[C@@H](C)C(=O)Nc2ccc(F)cc2F)[nH]c1=O. The first-order chi connectivity index (χ1) is 15.7. The highest BCUT2D eigenvalue weighted by Gasteiger charge is 2.20. The molecule has 3 aromatic rings. The molecule has 172 valence electrons. The molecule has 3 N–H and O–H groups in total. The Kier molecular flexibility index (Phi) is 7.54. The smallest absolute Gasteiger partial charge is 0.278 e. The molecule has 0 unspecified atom stereocenters. The molecule has 1 atom stereocenters. The number of nitrogens with zero attached hydrogens (tertiary/aromatic N) is 2. The Bertz CT molecular complexity index is 1250. The van der Waals surface area contributed by atoms with E-state index in [0.717, 1.165) is 23.9 Å². The lowest BCUT2D eigenvalue weighted by atomic mass is 10.1. The van der Waals surface area contributed by atoms with Crippen molar-refractivity contribution < 1.29 is 18.4 Å². The molecule has 0 spiro atoms. The van der Waals surface area contributed by atoms with E-state index in [0.29, 0.717) is 17.3 Å². The Balaban J connectivity index is 1.75. The molecule has 0 aliphatic heterocycles. The van der Waals surface area contributed by atoms with E-state index in [1.54, 1.807) is 38.1 Å². The molecule has 0 saturated heterocycles. The van der Waals surface area contributed by atoms with Gasteiger partial charge in [-0.3, -0.25) is 19.4 Å². The van der Waals surface area contributed by atoms with E-state index in [9.17, 15) is 23.2 Å². The van der Waals surface area contributed by atoms with Gasteiger partial charge >= 0.3 is 0 Å². The monoisotopic (exact) mass is 473 g/mol. The highest BCUT2D eigenvalue weighted by atomic mass is 32.2. The Hall–Kier alpha value is -3.60. The maximum Gasteiger partial charge on any atom is 0.278 e. The molecule has 2 amide bonds. The lowest BCUT2D eigenvalue weighted by Crippen LogP contribution is -2.24. The molecule has 11 heteroatoms. The molecule has 0 radical (unpaired) electrons. The van der Waals surface area contributed by atoms with Crippen LogP contribution in [0.1, 0.15) is 20.8 Å². The number of carbonyl (C=O) groups excluding carboxylic acids is 2. The number of hydrogen-bond acceptors (Lipinski definition) is 6. The number of hydrogen-bond donors (Lipinski definition) is 3. The number of aromatic amines is 1. The average Bonchev–Trinajstić information content (AvgIpc) is 2.76. The number of H-pyrrole nitrogens is 1. The second kappa shape index (κ2) is 10.3. The summed E-state index contributed by atoms with van der Waals surface area (Å²) in [6.07, 6.45) is 0. The molecular formula is C22H21F2N5O3S. The van der Waals surface area contributed by atoms with Crippen LogP contribution in [-0.2, 0) is 9.59 Å². The number of carbonyl (C=O) groups is 2. The van der Waals surface area contributed by atoms with E-state index in [1.807, 2.05) is 0 Å². The van der Waals surface area contributed by atoms with Crippen LogP contribution in [0.4, 0.5) is 20.2 Å². The normalized spacial score (nSPS) is 11.8. The zero-order valence-electron chi connectivity index (χ0n) is 18.0. The molecule has 0 aliphatic carbocycles. The van der Waals surface area contributed by atoms with Crippen molar-refractivity contribution in [3.05, 3.63) is 64.5 Å². The highest BCUT2D eigenvalue weighted by Crippen LogP contribution is 2.25. The lowest BCUT2D eigenvalue weighted by Gasteiger charge is -2.13. The number of benzene rings is 2. The van der Waals surface area contributed by atoms with Gasteiger partial charge in [0.1, 0.15) is 11.6 Å². The third-order valence-corrected chi connectivity index (χ3v) is 5.46. The Morgan fingerprint density at radius 3 is 2.33 bits per heavy atom. The lowest BCUT2D eigenvalue weighted by molar-refractivity contribution is -0.119. The van der Waals surface area contributed by atoms with Crippen molar-refractivity contribution in [3.8, 4) is 11.3 Å². The zero-order valence-corrected chi connectivity index (χ0v) is 18.8. The van der Waals surface area contributed by atoms with Gasteiger partial charge in [-0.25, -0.2) is 8.78 Å². The molecule has 0 bridgehead atoms. The number of aromatic nitrogens is 3. The van der Waals surface area contributed by atoms with Gasteiger partial charge in [0.05, 0.1) is 16.6 Å². The fraction of sp³-hybridized carbons (Fsp3) is 0.227. The molecule has 8 nitrogen and oxygen atoms in total. The third kappa shape index (κ3) is 6.01. The van der Waals surface area contributed by atoms with Crippen molar-refractivity contribution in [2.45, 2.75) is 31.2 Å². The summed E-state index contributed by atoms with van der Waals surface area (Å²) in [7, 11) is 0. The standard InChI is InChI=1S/C22H21F2N5O3S/c1-11(2)19(30)25-16-7-5-4-6-14(16)18-21(32)27-22(29-28-18)33-12(3)20(31)26-17-9-8-13(23)10-15(17)24/h4-12H,1-3H3,(H,25,30)(H,26,31)(H,27,29,32)/t12-/m0/s1. The van der Waals surface area contributed by atoms with Crippen LogP contribution >= 0.6 is 11.8 Å². The van der Waals surface area contributed by atoms with Gasteiger partial charge in [0.25, 0.3) is 5.56 Å². The Morgan fingerprint density at radius 2 is 1.67 bits per heavy atom. The van der Waals surface area contributed by atoms with E-state index in [1.165, 1.54) is 6.92 Å². The van der Waals surface area contributed by atoms with Gasteiger partial charge in [-0.1, -0.05) is 43.8 Å². The van der Waals surface area contributed by atoms with Crippen LogP contribution in [0, 0.1) is 17.6 Å². The number of amides is 2. The molecule has 0 aliphatic rings. The van der Waals surface area contributed by atoms with Crippen LogP contribution in [0.3, 0.4) is 0 Å². The second-order valence-corrected chi connectivity index (χ2v) is 8.70. The van der Waals surface area contributed by atoms with Crippen molar-refractivity contribution in [1.29, 1.82) is 0 Å². The molecular weight excluding hydrogens is 452 g/mol. The van der Waals surface area contributed by atoms with Gasteiger partial charge in [0, 0.05) is 17.5 Å². The summed E-state index contributed by atoms with van der Waals surface area (Å²) in [6, 6.07) is 9.51. The molecule has 33 heavy (non-hydrogen) atoms. The third-order valence-electron chi connectivity index (χ3n) is 4.49. The van der Waals surface area contributed by atoms with Crippen LogP contribution in [0.15, 0.2) is 52.4 Å². The fourth-order valence-corrected chi connectivity index (χ4v) is 3.41. The van der Waals surface area contributed by atoms with E-state index in [4.69, 9.17) is 0 Å². The number of rotatable bonds is 7. The van der Waals surface area contributed by atoms with Crippen molar-refractivity contribution in [1.82, 2.24) is 15.2 Å². The van der Waals surface area contributed by atoms with Crippen LogP contribution < -0.4 is 16.2 Å². The Labute approximate surface area is 192 Å². The topological polar surface area (TPSA) is 117 Å². The number of anilines is 2. The maximum atomic E-state index is 13.8. The van der Waals surface area contributed by atoms with Gasteiger partial charge in [-0.2, -0.15) is 0 Å². The van der Waals surface area contributed by atoms with E-state index < -0.39 is 28.4 Å². The largest absolute Gasteiger partial charge is 0.325 e. The van der Waals surface area contributed by atoms with E-state index in [-0.39, 0.29) is 28.4 Å². The van der Waals surface area contributed by atoms with E-state index in [2.05, 4.69) is 25.8 Å². The van der Waals surface area contributed by atoms with Crippen molar-refractivity contribution in [2.24, 2.45) is 5.92 Å². The summed E-state index contributed by atoms with van der Waals surface area (Å²) in [5.41, 5.74) is 0.101. The van der Waals surface area contributed by atoms with Gasteiger partial charge < -0.3 is 10.6 Å². The first-order valence-corrected chi connectivity index (χ1v) is 10.8. The minimum atomic E-state index is -0.902. The molecule has 1 aromatic heterocycles. The number of thioether (sulfide) groups is 1. The van der Waals surface area contributed by atoms with E-state index >= 15 is 0 Å². The minimum Gasteiger partial charge on any atom is -0.325 e. The van der Waals surface area contributed by atoms with Crippen LogP contribution in [0.25, 0.3) is 11.3 Å². The maximum absolute atomic E-state index is 13.8. The Morgan fingerprint density at radius 1 is 0.970 bits per heavy atom. The number of nitrogens with one attached hydrogen (secondary N) is 3. The van der Waals surface area contributed by atoms with Crippen LogP contribution in [0.5, 0.6) is 0 Å². The number of para-hydroxylation sites is 1. The summed E-state index contributed by atoms with van der Waals surface area (Å²) in [6.45, 7) is 5.03. The fourth-order valence-electron chi connectivity index (χ4n) is 2.67. The molecule has 1 heterocycles. The summed E-state index contributed by atoms with van der Waals surface area (Å²) >= 11 is 0.909. The first kappa shape index (κ1) is 24.1. The minimum absolute atomic E-state index is 0.00416. The molecule has 2 aromatic carbocycles. The summed E-state index contributed by atoms with van der Waals surface area (Å²) in [4.78, 5) is 39.7. The summed E-state index contributed by atoms with van der Waals surface area (Å²) < 4.78 is 26.8.